The van der Waals surface area contributed by atoms with Crippen LogP contribution in [-0.4, -0.2) is 51.3 Å². The number of aromatic nitrogens is 2. The molecule has 0 amide bonds. The highest BCUT2D eigenvalue weighted by molar-refractivity contribution is 7.20. The number of benzene rings is 2. The van der Waals surface area contributed by atoms with Crippen molar-refractivity contribution in [3.8, 4) is 29.9 Å². The number of carboxylic acid groups (broad SMARTS) is 1. The lowest BCUT2D eigenvalue weighted by molar-refractivity contribution is -0.0591. The third kappa shape index (κ3) is 4.72. The van der Waals surface area contributed by atoms with E-state index in [-0.39, 0.29) is 22.1 Å². The number of terminal acetylenes is 1. The molecule has 0 spiro atoms. The van der Waals surface area contributed by atoms with Crippen LogP contribution in [0.2, 0.25) is 0 Å². The summed E-state index contributed by atoms with van der Waals surface area (Å²) in [5, 5.41) is 18.6. The fraction of sp³-hybridized carbons (Fsp3) is 0.281. The van der Waals surface area contributed by atoms with Crippen LogP contribution < -0.4 is 9.47 Å². The van der Waals surface area contributed by atoms with Gasteiger partial charge in [0, 0.05) is 25.3 Å². The van der Waals surface area contributed by atoms with E-state index in [4.69, 9.17) is 30.9 Å². The SMILES string of the molecule is C#C[C@]1(c2ccc(C#N)cc2F)Oc2cccc(C3=CCN(Cc4nc5cc(C(=O)O)sc5n4C[C@@H]4CCO4)CC3)c2O1. The van der Waals surface area contributed by atoms with Crippen molar-refractivity contribution < 1.29 is 28.5 Å². The maximum absolute atomic E-state index is 15.0. The van der Waals surface area contributed by atoms with Gasteiger partial charge in [-0.25, -0.2) is 14.2 Å². The molecule has 5 heterocycles. The molecule has 7 rings (SSSR count). The molecule has 1 fully saturated rings. The van der Waals surface area contributed by atoms with Gasteiger partial charge >= 0.3 is 11.8 Å². The summed E-state index contributed by atoms with van der Waals surface area (Å²) in [6.45, 7) is 3.40. The van der Waals surface area contributed by atoms with Crippen molar-refractivity contribution >= 4 is 33.2 Å². The standard InChI is InChI=1S/C32H25FN4O5S/c1-2-32(23-7-6-19(16-34)14-24(23)33)41-26-5-3-4-22(29(26)42-32)20-8-11-36(12-9-20)18-28-35-25-15-27(31(38)39)43-30(25)37(28)17-21-10-13-40-21/h1,3-8,14-15,21H,9-13,17-18H2,(H,38,39)/t21-,32-/m0/s1. The van der Waals surface area contributed by atoms with Crippen LogP contribution in [0.15, 0.2) is 48.5 Å². The molecule has 11 heteroatoms. The summed E-state index contributed by atoms with van der Waals surface area (Å²) < 4.78 is 35.0. The van der Waals surface area contributed by atoms with E-state index in [0.29, 0.717) is 36.6 Å². The second-order valence-electron chi connectivity index (χ2n) is 10.6. The molecule has 1 saturated heterocycles. The second kappa shape index (κ2) is 10.5. The molecule has 1 N–H and O–H groups in total. The highest BCUT2D eigenvalue weighted by Gasteiger charge is 2.45. The Morgan fingerprint density at radius 3 is 2.81 bits per heavy atom. The molecule has 4 aromatic rings. The number of rotatable bonds is 7. The molecule has 3 aliphatic rings. The fourth-order valence-electron chi connectivity index (χ4n) is 5.68. The number of imidazole rings is 1. The van der Waals surface area contributed by atoms with Gasteiger partial charge in [0.15, 0.2) is 11.5 Å². The molecule has 0 bridgehead atoms. The van der Waals surface area contributed by atoms with Gasteiger partial charge in [-0.1, -0.05) is 18.2 Å². The highest BCUT2D eigenvalue weighted by Crippen LogP contribution is 2.49. The van der Waals surface area contributed by atoms with Crippen LogP contribution >= 0.6 is 11.3 Å². The number of fused-ring (bicyclic) bond motifs is 2. The molecular formula is C32H25FN4O5S. The number of nitriles is 1. The van der Waals surface area contributed by atoms with E-state index in [1.54, 1.807) is 12.1 Å². The van der Waals surface area contributed by atoms with E-state index in [1.807, 2.05) is 18.2 Å². The van der Waals surface area contributed by atoms with Crippen molar-refractivity contribution in [3.05, 3.63) is 81.7 Å². The van der Waals surface area contributed by atoms with Gasteiger partial charge in [-0.05, 0) is 54.7 Å². The van der Waals surface area contributed by atoms with Crippen molar-refractivity contribution in [2.75, 3.05) is 19.7 Å². The van der Waals surface area contributed by atoms with Crippen LogP contribution in [0, 0.1) is 29.5 Å². The molecule has 2 atom stereocenters. The number of ether oxygens (including phenoxy) is 3. The number of para-hydroxylation sites is 1. The normalized spacial score (nSPS) is 21.2. The zero-order chi connectivity index (χ0) is 29.7. The van der Waals surface area contributed by atoms with Crippen molar-refractivity contribution in [2.24, 2.45) is 0 Å². The van der Waals surface area contributed by atoms with Crippen LogP contribution in [0.4, 0.5) is 4.39 Å². The molecule has 9 nitrogen and oxygen atoms in total. The molecule has 0 saturated carbocycles. The van der Waals surface area contributed by atoms with Gasteiger partial charge < -0.3 is 23.9 Å². The maximum atomic E-state index is 15.0. The number of nitrogens with zero attached hydrogens (tertiary/aromatic N) is 4. The highest BCUT2D eigenvalue weighted by atomic mass is 32.1. The van der Waals surface area contributed by atoms with Gasteiger partial charge in [0.25, 0.3) is 0 Å². The average Bonchev–Trinajstić information content (AvgIpc) is 3.67. The maximum Gasteiger partial charge on any atom is 0.348 e. The summed E-state index contributed by atoms with van der Waals surface area (Å²) in [4.78, 5) is 19.7. The van der Waals surface area contributed by atoms with Crippen molar-refractivity contribution in [1.82, 2.24) is 14.5 Å². The number of halogens is 1. The van der Waals surface area contributed by atoms with Gasteiger partial charge in [-0.2, -0.15) is 5.26 Å². The van der Waals surface area contributed by atoms with Gasteiger partial charge in [-0.15, -0.1) is 17.8 Å². The molecule has 0 aliphatic carbocycles. The van der Waals surface area contributed by atoms with Crippen LogP contribution in [-0.2, 0) is 23.6 Å². The Hall–Kier alpha value is -4.68. The van der Waals surface area contributed by atoms with E-state index < -0.39 is 17.6 Å². The Morgan fingerprint density at radius 1 is 1.28 bits per heavy atom. The summed E-state index contributed by atoms with van der Waals surface area (Å²) in [6, 6.07) is 13.1. The minimum Gasteiger partial charge on any atom is -0.477 e. The first-order chi connectivity index (χ1) is 20.9. The number of thiophene rings is 1. The minimum absolute atomic E-state index is 0.0260. The monoisotopic (exact) mass is 596 g/mol. The smallest absolute Gasteiger partial charge is 0.348 e. The molecule has 0 unspecified atom stereocenters. The molecule has 216 valence electrons. The van der Waals surface area contributed by atoms with E-state index in [1.165, 1.54) is 23.5 Å². The Morgan fingerprint density at radius 2 is 2.14 bits per heavy atom. The predicted molar refractivity (Wildman–Crippen MR) is 156 cm³/mol. The summed E-state index contributed by atoms with van der Waals surface area (Å²) in [5.74, 6) is 0.821. The Labute approximate surface area is 250 Å². The van der Waals surface area contributed by atoms with E-state index in [0.717, 1.165) is 53.9 Å². The average molecular weight is 597 g/mol. The lowest BCUT2D eigenvalue weighted by Crippen LogP contribution is -2.35. The Balaban J connectivity index is 1.12. The van der Waals surface area contributed by atoms with Gasteiger partial charge in [0.05, 0.1) is 36.4 Å². The molecule has 43 heavy (non-hydrogen) atoms. The molecule has 0 radical (unpaired) electrons. The molecule has 3 aliphatic heterocycles. The third-order valence-electron chi connectivity index (χ3n) is 8.02. The molecule has 2 aromatic heterocycles. The van der Waals surface area contributed by atoms with Gasteiger partial charge in [0.1, 0.15) is 26.9 Å². The van der Waals surface area contributed by atoms with Crippen LogP contribution in [0.3, 0.4) is 0 Å². The number of carboxylic acids is 1. The fourth-order valence-corrected chi connectivity index (χ4v) is 6.65. The largest absolute Gasteiger partial charge is 0.477 e. The van der Waals surface area contributed by atoms with Crippen molar-refractivity contribution in [3.63, 3.8) is 0 Å². The first-order valence-corrected chi connectivity index (χ1v) is 14.6. The molecule has 2 aromatic carbocycles. The van der Waals surface area contributed by atoms with Gasteiger partial charge in [-0.3, -0.25) is 4.90 Å². The van der Waals surface area contributed by atoms with Crippen LogP contribution in [0.1, 0.15) is 45.0 Å². The molecular weight excluding hydrogens is 571 g/mol. The zero-order valence-electron chi connectivity index (χ0n) is 22.9. The van der Waals surface area contributed by atoms with E-state index in [2.05, 4.69) is 21.5 Å². The third-order valence-corrected chi connectivity index (χ3v) is 9.15. The summed E-state index contributed by atoms with van der Waals surface area (Å²) in [6.07, 6.45) is 9.77. The first-order valence-electron chi connectivity index (χ1n) is 13.8. The lowest BCUT2D eigenvalue weighted by atomic mass is 9.98. The number of aromatic carboxylic acids is 1. The first kappa shape index (κ1) is 27.2. The summed E-state index contributed by atoms with van der Waals surface area (Å²) in [7, 11) is 0. The quantitative estimate of drug-likeness (QED) is 0.292. The van der Waals surface area contributed by atoms with E-state index in [9.17, 15) is 14.3 Å². The minimum atomic E-state index is -1.79. The summed E-state index contributed by atoms with van der Waals surface area (Å²) >= 11 is 1.24. The number of hydrogen-bond donors (Lipinski definition) is 1. The summed E-state index contributed by atoms with van der Waals surface area (Å²) in [5.41, 5.74) is 2.78. The van der Waals surface area contributed by atoms with Gasteiger partial charge in [0.2, 0.25) is 0 Å². The van der Waals surface area contributed by atoms with Crippen LogP contribution in [0.5, 0.6) is 11.5 Å². The number of hydrogen-bond acceptors (Lipinski definition) is 8. The Kier molecular flexibility index (Phi) is 6.66. The lowest BCUT2D eigenvalue weighted by Gasteiger charge is -2.29. The topological polar surface area (TPSA) is 110 Å². The predicted octanol–water partition coefficient (Wildman–Crippen LogP) is 5.14. The Bertz CT molecular complexity index is 1900. The second-order valence-corrected chi connectivity index (χ2v) is 11.7. The van der Waals surface area contributed by atoms with Crippen molar-refractivity contribution in [2.45, 2.75) is 37.8 Å². The zero-order valence-corrected chi connectivity index (χ0v) is 23.7. The van der Waals surface area contributed by atoms with Crippen molar-refractivity contribution in [1.29, 1.82) is 5.26 Å². The van der Waals surface area contributed by atoms with Crippen LogP contribution in [0.25, 0.3) is 15.9 Å². The van der Waals surface area contributed by atoms with E-state index >= 15 is 0 Å². The number of carbonyl (C=O) groups is 1.